The van der Waals surface area contributed by atoms with Crippen molar-refractivity contribution in [3.63, 3.8) is 0 Å². The van der Waals surface area contributed by atoms with Gasteiger partial charge in [0, 0.05) is 19.2 Å². The molecular formula is C14H19FN2O2. The molecule has 0 amide bonds. The standard InChI is InChI=1S/C14H19FN2O2/c1-2-9-3-5-17(6-4-9)13-8-11(15)10(14(18)19)7-12(13)16/h7-9H,2-6,16H2,1H3,(H,18,19). The quantitative estimate of drug-likeness (QED) is 0.825. The number of aromatic carboxylic acids is 1. The van der Waals surface area contributed by atoms with Crippen LogP contribution in [0.4, 0.5) is 15.8 Å². The molecule has 1 fully saturated rings. The summed E-state index contributed by atoms with van der Waals surface area (Å²) >= 11 is 0. The number of halogens is 1. The van der Waals surface area contributed by atoms with Gasteiger partial charge in [-0.1, -0.05) is 13.3 Å². The van der Waals surface area contributed by atoms with Crippen molar-refractivity contribution in [2.24, 2.45) is 5.92 Å². The first kappa shape index (κ1) is 13.6. The van der Waals surface area contributed by atoms with E-state index in [1.165, 1.54) is 12.1 Å². The number of hydrogen-bond acceptors (Lipinski definition) is 3. The summed E-state index contributed by atoms with van der Waals surface area (Å²) < 4.78 is 13.7. The van der Waals surface area contributed by atoms with Gasteiger partial charge >= 0.3 is 5.97 Å². The van der Waals surface area contributed by atoms with Crippen LogP contribution >= 0.6 is 0 Å². The van der Waals surface area contributed by atoms with Crippen LogP contribution in [0.1, 0.15) is 36.5 Å². The first-order valence-electron chi connectivity index (χ1n) is 6.60. The summed E-state index contributed by atoms with van der Waals surface area (Å²) in [5, 5.41) is 8.85. The number of carbonyl (C=O) groups is 1. The number of piperidine rings is 1. The summed E-state index contributed by atoms with van der Waals surface area (Å²) in [5.74, 6) is -1.30. The maximum absolute atomic E-state index is 13.7. The number of nitrogen functional groups attached to an aromatic ring is 1. The van der Waals surface area contributed by atoms with E-state index in [1.54, 1.807) is 0 Å². The van der Waals surface area contributed by atoms with Crippen LogP contribution in [-0.2, 0) is 0 Å². The van der Waals surface area contributed by atoms with Gasteiger partial charge in [-0.3, -0.25) is 0 Å². The number of hydrogen-bond donors (Lipinski definition) is 2. The molecule has 1 aliphatic rings. The number of anilines is 2. The third kappa shape index (κ3) is 2.80. The highest BCUT2D eigenvalue weighted by molar-refractivity contribution is 5.91. The van der Waals surface area contributed by atoms with E-state index in [0.717, 1.165) is 38.3 Å². The maximum Gasteiger partial charge on any atom is 0.338 e. The van der Waals surface area contributed by atoms with Crippen molar-refractivity contribution in [3.05, 3.63) is 23.5 Å². The molecule has 0 atom stereocenters. The van der Waals surface area contributed by atoms with Crippen LogP contribution in [0.2, 0.25) is 0 Å². The van der Waals surface area contributed by atoms with Crippen molar-refractivity contribution < 1.29 is 14.3 Å². The van der Waals surface area contributed by atoms with Gasteiger partial charge in [0.2, 0.25) is 0 Å². The van der Waals surface area contributed by atoms with Gasteiger partial charge in [0.1, 0.15) is 5.82 Å². The molecule has 0 unspecified atom stereocenters. The summed E-state index contributed by atoms with van der Waals surface area (Å²) in [7, 11) is 0. The Morgan fingerprint density at radius 2 is 2.11 bits per heavy atom. The predicted octanol–water partition coefficient (Wildman–Crippen LogP) is 2.73. The van der Waals surface area contributed by atoms with Crippen LogP contribution < -0.4 is 10.6 Å². The van der Waals surface area contributed by atoms with Crippen LogP contribution in [0.25, 0.3) is 0 Å². The summed E-state index contributed by atoms with van der Waals surface area (Å²) in [6.45, 7) is 3.86. The van der Waals surface area contributed by atoms with Crippen LogP contribution in [0.3, 0.4) is 0 Å². The zero-order valence-corrected chi connectivity index (χ0v) is 11.0. The number of nitrogens with two attached hydrogens (primary N) is 1. The van der Waals surface area contributed by atoms with Gasteiger partial charge in [-0.2, -0.15) is 0 Å². The number of carboxylic acids is 1. The third-order valence-electron chi connectivity index (χ3n) is 3.88. The molecule has 0 aromatic heterocycles. The highest BCUT2D eigenvalue weighted by Crippen LogP contribution is 2.31. The first-order valence-corrected chi connectivity index (χ1v) is 6.60. The molecule has 1 heterocycles. The monoisotopic (exact) mass is 266 g/mol. The molecule has 0 spiro atoms. The van der Waals surface area contributed by atoms with Gasteiger partial charge in [0.05, 0.1) is 16.9 Å². The number of nitrogens with zero attached hydrogens (tertiary/aromatic N) is 1. The van der Waals surface area contributed by atoms with Crippen molar-refractivity contribution in [2.75, 3.05) is 23.7 Å². The van der Waals surface area contributed by atoms with Crippen LogP contribution in [0.15, 0.2) is 12.1 Å². The fraction of sp³-hybridized carbons (Fsp3) is 0.500. The van der Waals surface area contributed by atoms with Gasteiger partial charge in [-0.15, -0.1) is 0 Å². The molecule has 104 valence electrons. The topological polar surface area (TPSA) is 66.6 Å². The summed E-state index contributed by atoms with van der Waals surface area (Å²) in [6, 6.07) is 2.45. The van der Waals surface area contributed by atoms with Gasteiger partial charge in [-0.05, 0) is 24.8 Å². The largest absolute Gasteiger partial charge is 0.478 e. The van der Waals surface area contributed by atoms with E-state index in [0.29, 0.717) is 11.4 Å². The molecule has 0 radical (unpaired) electrons. The second kappa shape index (κ2) is 5.47. The lowest BCUT2D eigenvalue weighted by molar-refractivity contribution is 0.0692. The lowest BCUT2D eigenvalue weighted by Gasteiger charge is -2.34. The lowest BCUT2D eigenvalue weighted by atomic mass is 9.94. The predicted molar refractivity (Wildman–Crippen MR) is 73.0 cm³/mol. The fourth-order valence-corrected chi connectivity index (χ4v) is 2.60. The molecule has 0 bridgehead atoms. The molecule has 3 N–H and O–H groups in total. The fourth-order valence-electron chi connectivity index (χ4n) is 2.60. The summed E-state index contributed by atoms with van der Waals surface area (Å²) in [4.78, 5) is 12.9. The molecule has 19 heavy (non-hydrogen) atoms. The van der Waals surface area contributed by atoms with E-state index < -0.39 is 11.8 Å². The first-order chi connectivity index (χ1) is 9.02. The van der Waals surface area contributed by atoms with Crippen molar-refractivity contribution in [1.29, 1.82) is 0 Å². The van der Waals surface area contributed by atoms with Crippen LogP contribution in [0, 0.1) is 11.7 Å². The minimum Gasteiger partial charge on any atom is -0.478 e. The SMILES string of the molecule is CCC1CCN(c2cc(F)c(C(=O)O)cc2N)CC1. The van der Waals surface area contributed by atoms with Gasteiger partial charge in [-0.25, -0.2) is 9.18 Å². The average molecular weight is 266 g/mol. The van der Waals surface area contributed by atoms with Gasteiger partial charge in [0.25, 0.3) is 0 Å². The molecule has 1 saturated heterocycles. The third-order valence-corrected chi connectivity index (χ3v) is 3.88. The lowest BCUT2D eigenvalue weighted by Crippen LogP contribution is -2.34. The molecular weight excluding hydrogens is 247 g/mol. The number of carboxylic acid groups (broad SMARTS) is 1. The number of benzene rings is 1. The molecule has 1 aromatic carbocycles. The summed E-state index contributed by atoms with van der Waals surface area (Å²) in [6.07, 6.45) is 3.30. The molecule has 0 saturated carbocycles. The number of rotatable bonds is 3. The molecule has 1 aromatic rings. The molecule has 2 rings (SSSR count). The van der Waals surface area contributed by atoms with Crippen molar-refractivity contribution in [3.8, 4) is 0 Å². The summed E-state index contributed by atoms with van der Waals surface area (Å²) in [5.41, 5.74) is 6.42. The smallest absolute Gasteiger partial charge is 0.338 e. The van der Waals surface area contributed by atoms with E-state index in [9.17, 15) is 9.18 Å². The Balaban J connectivity index is 2.22. The second-order valence-corrected chi connectivity index (χ2v) is 5.03. The minimum atomic E-state index is -1.29. The highest BCUT2D eigenvalue weighted by Gasteiger charge is 2.22. The van der Waals surface area contributed by atoms with E-state index in [4.69, 9.17) is 10.8 Å². The van der Waals surface area contributed by atoms with Crippen LogP contribution in [-0.4, -0.2) is 24.2 Å². The van der Waals surface area contributed by atoms with Crippen LogP contribution in [0.5, 0.6) is 0 Å². The Kier molecular flexibility index (Phi) is 3.93. The van der Waals surface area contributed by atoms with Crippen molar-refractivity contribution in [2.45, 2.75) is 26.2 Å². The highest BCUT2D eigenvalue weighted by atomic mass is 19.1. The minimum absolute atomic E-state index is 0.328. The molecule has 5 heteroatoms. The zero-order chi connectivity index (χ0) is 14.0. The van der Waals surface area contributed by atoms with Gasteiger partial charge < -0.3 is 15.7 Å². The normalized spacial score (nSPS) is 16.6. The Morgan fingerprint density at radius 3 is 2.63 bits per heavy atom. The Labute approximate surface area is 112 Å². The Bertz CT molecular complexity index is 483. The zero-order valence-electron chi connectivity index (χ0n) is 11.0. The van der Waals surface area contributed by atoms with E-state index in [-0.39, 0.29) is 5.56 Å². The van der Waals surface area contributed by atoms with E-state index >= 15 is 0 Å². The van der Waals surface area contributed by atoms with E-state index in [1.807, 2.05) is 4.90 Å². The Hall–Kier alpha value is -1.78. The van der Waals surface area contributed by atoms with E-state index in [2.05, 4.69) is 6.92 Å². The molecule has 4 nitrogen and oxygen atoms in total. The molecule has 0 aliphatic carbocycles. The second-order valence-electron chi connectivity index (χ2n) is 5.03. The Morgan fingerprint density at radius 1 is 1.47 bits per heavy atom. The molecule has 1 aliphatic heterocycles. The van der Waals surface area contributed by atoms with Crippen molar-refractivity contribution >= 4 is 17.3 Å². The van der Waals surface area contributed by atoms with Crippen molar-refractivity contribution in [1.82, 2.24) is 0 Å². The van der Waals surface area contributed by atoms with Gasteiger partial charge in [0.15, 0.2) is 0 Å². The maximum atomic E-state index is 13.7. The average Bonchev–Trinajstić information content (AvgIpc) is 2.41.